The molecule has 1 aromatic heterocycles. The van der Waals surface area contributed by atoms with E-state index in [2.05, 4.69) is 51.6 Å². The maximum atomic E-state index is 12.5. The number of amides is 1. The smallest absolute Gasteiger partial charge is 0.318 e. The van der Waals surface area contributed by atoms with Crippen LogP contribution >= 0.6 is 0 Å². The predicted octanol–water partition coefficient (Wildman–Crippen LogP) is 3.46. The van der Waals surface area contributed by atoms with E-state index < -0.39 is 0 Å². The topological polar surface area (TPSA) is 88.8 Å². The van der Waals surface area contributed by atoms with Crippen molar-refractivity contribution in [2.24, 2.45) is 0 Å². The number of piperazine rings is 1. The third-order valence-corrected chi connectivity index (χ3v) is 8.96. The first-order valence-electron chi connectivity index (χ1n) is 14.8. The van der Waals surface area contributed by atoms with Gasteiger partial charge in [-0.25, -0.2) is 0 Å². The summed E-state index contributed by atoms with van der Waals surface area (Å²) in [5.41, 5.74) is 5.04. The minimum Gasteiger partial charge on any atom is -0.462 e. The zero-order chi connectivity index (χ0) is 27.5. The summed E-state index contributed by atoms with van der Waals surface area (Å²) in [4.78, 5) is 31.4. The molecule has 4 aliphatic rings. The number of aromatic nitrogens is 2. The van der Waals surface area contributed by atoms with Crippen LogP contribution in [-0.4, -0.2) is 82.5 Å². The SMILES string of the molecule is C=CC(=O)N1CCN(c2nc(OCCN3CCCCC3)nc3c2CN(C2CCc4ccccc42)C3)C[C@@H]1CC#N. The second kappa shape index (κ2) is 11.9. The van der Waals surface area contributed by atoms with Gasteiger partial charge in [-0.2, -0.15) is 15.2 Å². The fraction of sp³-hybridized carbons (Fsp3) is 0.548. The number of benzene rings is 1. The Morgan fingerprint density at radius 2 is 1.98 bits per heavy atom. The number of nitriles is 1. The highest BCUT2D eigenvalue weighted by Gasteiger charge is 2.37. The summed E-state index contributed by atoms with van der Waals surface area (Å²) in [5.74, 6) is 0.765. The highest BCUT2D eigenvalue weighted by Crippen LogP contribution is 2.42. The molecule has 2 aromatic rings. The summed E-state index contributed by atoms with van der Waals surface area (Å²) in [6, 6.07) is 11.6. The van der Waals surface area contributed by atoms with Crippen molar-refractivity contribution in [2.75, 3.05) is 50.8 Å². The van der Waals surface area contributed by atoms with Gasteiger partial charge in [0.25, 0.3) is 0 Å². The number of rotatable bonds is 8. The first kappa shape index (κ1) is 26.7. The predicted molar refractivity (Wildman–Crippen MR) is 153 cm³/mol. The van der Waals surface area contributed by atoms with Crippen LogP contribution in [0.2, 0.25) is 0 Å². The Labute approximate surface area is 237 Å². The summed E-state index contributed by atoms with van der Waals surface area (Å²) in [6.45, 7) is 10.6. The number of hydrogen-bond acceptors (Lipinski definition) is 8. The molecular formula is C31H39N7O2. The number of nitrogens with zero attached hydrogens (tertiary/aromatic N) is 7. The van der Waals surface area contributed by atoms with E-state index in [1.807, 2.05) is 0 Å². The summed E-state index contributed by atoms with van der Waals surface area (Å²) in [6.07, 6.45) is 7.65. The first-order valence-corrected chi connectivity index (χ1v) is 14.8. The molecule has 0 bridgehead atoms. The van der Waals surface area contributed by atoms with Gasteiger partial charge < -0.3 is 14.5 Å². The number of hydrogen-bond donors (Lipinski definition) is 0. The van der Waals surface area contributed by atoms with Crippen LogP contribution in [0.5, 0.6) is 6.01 Å². The van der Waals surface area contributed by atoms with Gasteiger partial charge in [0.15, 0.2) is 0 Å². The summed E-state index contributed by atoms with van der Waals surface area (Å²) >= 11 is 0. The Morgan fingerprint density at radius 1 is 1.12 bits per heavy atom. The third kappa shape index (κ3) is 5.43. The van der Waals surface area contributed by atoms with Crippen LogP contribution in [0.3, 0.4) is 0 Å². The molecule has 210 valence electrons. The lowest BCUT2D eigenvalue weighted by Gasteiger charge is -2.41. The molecule has 0 N–H and O–H groups in total. The molecule has 0 spiro atoms. The fourth-order valence-corrected chi connectivity index (χ4v) is 6.88. The van der Waals surface area contributed by atoms with Gasteiger partial charge in [0.05, 0.1) is 24.2 Å². The molecule has 2 fully saturated rings. The molecule has 6 rings (SSSR count). The van der Waals surface area contributed by atoms with Crippen LogP contribution in [-0.2, 0) is 24.3 Å². The van der Waals surface area contributed by atoms with E-state index >= 15 is 0 Å². The molecule has 3 aliphatic heterocycles. The van der Waals surface area contributed by atoms with Gasteiger partial charge >= 0.3 is 6.01 Å². The summed E-state index contributed by atoms with van der Waals surface area (Å²) in [7, 11) is 0. The van der Waals surface area contributed by atoms with E-state index in [0.29, 0.717) is 38.3 Å². The molecule has 4 heterocycles. The highest BCUT2D eigenvalue weighted by molar-refractivity contribution is 5.87. The van der Waals surface area contributed by atoms with E-state index in [-0.39, 0.29) is 18.4 Å². The molecule has 1 amide bonds. The molecule has 1 aliphatic carbocycles. The van der Waals surface area contributed by atoms with E-state index in [0.717, 1.165) is 62.6 Å². The van der Waals surface area contributed by atoms with Crippen molar-refractivity contribution in [3.63, 3.8) is 0 Å². The van der Waals surface area contributed by atoms with Crippen molar-refractivity contribution >= 4 is 11.7 Å². The average molecular weight is 542 g/mol. The van der Waals surface area contributed by atoms with Crippen LogP contribution in [0.1, 0.15) is 60.5 Å². The monoisotopic (exact) mass is 541 g/mol. The number of ether oxygens (including phenoxy) is 1. The lowest BCUT2D eigenvalue weighted by atomic mass is 10.1. The molecule has 9 nitrogen and oxygen atoms in total. The zero-order valence-electron chi connectivity index (χ0n) is 23.3. The number of carbonyl (C=O) groups is 1. The van der Waals surface area contributed by atoms with Crippen molar-refractivity contribution in [1.29, 1.82) is 5.26 Å². The second-order valence-corrected chi connectivity index (χ2v) is 11.4. The van der Waals surface area contributed by atoms with Gasteiger partial charge in [-0.05, 0) is 56.0 Å². The van der Waals surface area contributed by atoms with Gasteiger partial charge in [-0.15, -0.1) is 0 Å². The Balaban J connectivity index is 1.25. The summed E-state index contributed by atoms with van der Waals surface area (Å²) < 4.78 is 6.19. The van der Waals surface area contributed by atoms with Gasteiger partial charge in [0.2, 0.25) is 5.91 Å². The standard InChI is InChI=1S/C31H39N7O2/c1-2-29(39)38-17-16-36(20-24(38)12-13-32)30-26-21-37(28-11-10-23-8-4-5-9-25(23)28)22-27(26)33-31(34-30)40-19-18-35-14-6-3-7-15-35/h2,4-5,8-9,24,28H,1,3,6-7,10-12,14-22H2/t24-,28?/m0/s1. The van der Waals surface area contributed by atoms with Gasteiger partial charge in [-0.3, -0.25) is 14.6 Å². The largest absolute Gasteiger partial charge is 0.462 e. The van der Waals surface area contributed by atoms with Gasteiger partial charge in [-0.1, -0.05) is 37.3 Å². The van der Waals surface area contributed by atoms with Crippen LogP contribution in [0.15, 0.2) is 36.9 Å². The van der Waals surface area contributed by atoms with Crippen molar-refractivity contribution in [3.8, 4) is 12.1 Å². The zero-order valence-corrected chi connectivity index (χ0v) is 23.3. The lowest BCUT2D eigenvalue weighted by molar-refractivity contribution is -0.128. The number of fused-ring (bicyclic) bond motifs is 2. The quantitative estimate of drug-likeness (QED) is 0.470. The molecule has 0 saturated carbocycles. The molecule has 2 saturated heterocycles. The second-order valence-electron chi connectivity index (χ2n) is 11.4. The average Bonchev–Trinajstić information content (AvgIpc) is 3.61. The molecule has 1 unspecified atom stereocenters. The highest BCUT2D eigenvalue weighted by atomic mass is 16.5. The molecule has 9 heteroatoms. The Kier molecular flexibility index (Phi) is 7.98. The van der Waals surface area contributed by atoms with Crippen molar-refractivity contribution in [3.05, 3.63) is 59.3 Å². The number of anilines is 1. The molecular weight excluding hydrogens is 502 g/mol. The number of likely N-dealkylation sites (tertiary alicyclic amines) is 1. The van der Waals surface area contributed by atoms with E-state index in [4.69, 9.17) is 14.7 Å². The van der Waals surface area contributed by atoms with Crippen LogP contribution in [0.25, 0.3) is 0 Å². The van der Waals surface area contributed by atoms with Crippen LogP contribution < -0.4 is 9.64 Å². The minimum absolute atomic E-state index is 0.124. The number of piperidine rings is 1. The van der Waals surface area contributed by atoms with E-state index in [9.17, 15) is 10.1 Å². The van der Waals surface area contributed by atoms with Crippen LogP contribution in [0.4, 0.5) is 5.82 Å². The fourth-order valence-electron chi connectivity index (χ4n) is 6.88. The van der Waals surface area contributed by atoms with Crippen molar-refractivity contribution < 1.29 is 9.53 Å². The number of aryl methyl sites for hydroxylation is 1. The Morgan fingerprint density at radius 3 is 2.80 bits per heavy atom. The normalized spacial score (nSPS) is 23.0. The molecule has 0 radical (unpaired) electrons. The Hall–Kier alpha value is -3.48. The van der Waals surface area contributed by atoms with E-state index in [1.165, 1.54) is 36.5 Å². The van der Waals surface area contributed by atoms with Gasteiger partial charge in [0, 0.05) is 50.9 Å². The van der Waals surface area contributed by atoms with Gasteiger partial charge in [0.1, 0.15) is 12.4 Å². The third-order valence-electron chi connectivity index (χ3n) is 8.96. The Bertz CT molecular complexity index is 1280. The molecule has 1 aromatic carbocycles. The minimum atomic E-state index is -0.211. The van der Waals surface area contributed by atoms with E-state index in [1.54, 1.807) is 4.90 Å². The molecule has 40 heavy (non-hydrogen) atoms. The molecule has 2 atom stereocenters. The first-order chi connectivity index (χ1) is 19.6. The summed E-state index contributed by atoms with van der Waals surface area (Å²) in [5, 5.41) is 9.50. The van der Waals surface area contributed by atoms with Crippen molar-refractivity contribution in [1.82, 2.24) is 24.7 Å². The maximum Gasteiger partial charge on any atom is 0.318 e. The number of carbonyl (C=O) groups excluding carboxylic acids is 1. The lowest BCUT2D eigenvalue weighted by Crippen LogP contribution is -2.55. The van der Waals surface area contributed by atoms with Crippen LogP contribution in [0, 0.1) is 11.3 Å². The van der Waals surface area contributed by atoms with Crippen molar-refractivity contribution in [2.45, 2.75) is 63.7 Å². The maximum absolute atomic E-state index is 12.5.